The number of nitrogens with zero attached hydrogens (tertiary/aromatic N) is 2. The third-order valence-corrected chi connectivity index (χ3v) is 4.60. The number of rotatable bonds is 3. The Kier molecular flexibility index (Phi) is 3.80. The summed E-state index contributed by atoms with van der Waals surface area (Å²) in [4.78, 5) is 8.07. The van der Waals surface area contributed by atoms with Crippen molar-refractivity contribution in [1.82, 2.24) is 4.98 Å². The van der Waals surface area contributed by atoms with Crippen molar-refractivity contribution >= 4 is 16.5 Å². The molecule has 1 saturated heterocycles. The zero-order valence-corrected chi connectivity index (χ0v) is 11.7. The van der Waals surface area contributed by atoms with Gasteiger partial charge in [0.25, 0.3) is 0 Å². The number of aromatic nitrogens is 1. The highest BCUT2D eigenvalue weighted by molar-refractivity contribution is 7.16. The van der Waals surface area contributed by atoms with E-state index >= 15 is 0 Å². The fourth-order valence-electron chi connectivity index (χ4n) is 2.49. The average Bonchev–Trinajstić information content (AvgIpc) is 2.93. The summed E-state index contributed by atoms with van der Waals surface area (Å²) < 4.78 is 0. The summed E-state index contributed by atoms with van der Waals surface area (Å²) in [5, 5.41) is 10.6. The largest absolute Gasteiger partial charge is 0.391 e. The van der Waals surface area contributed by atoms with E-state index in [-0.39, 0.29) is 6.61 Å². The molecular weight excluding hydrogens is 256 g/mol. The zero-order chi connectivity index (χ0) is 13.1. The van der Waals surface area contributed by atoms with Crippen LogP contribution < -0.4 is 4.90 Å². The monoisotopic (exact) mass is 274 g/mol. The van der Waals surface area contributed by atoms with Crippen LogP contribution in [0.5, 0.6) is 0 Å². The molecule has 1 aliphatic heterocycles. The molecule has 19 heavy (non-hydrogen) atoms. The molecule has 1 aromatic heterocycles. The van der Waals surface area contributed by atoms with Crippen LogP contribution in [0.15, 0.2) is 30.3 Å². The van der Waals surface area contributed by atoms with Gasteiger partial charge in [-0.15, -0.1) is 0 Å². The van der Waals surface area contributed by atoms with Gasteiger partial charge in [-0.3, -0.25) is 0 Å². The second kappa shape index (κ2) is 5.72. The number of aliphatic hydroxyl groups is 1. The molecule has 0 unspecified atom stereocenters. The normalized spacial score (nSPS) is 15.7. The van der Waals surface area contributed by atoms with Crippen LogP contribution in [0, 0.1) is 0 Å². The molecule has 0 radical (unpaired) electrons. The van der Waals surface area contributed by atoms with Gasteiger partial charge in [0.1, 0.15) is 0 Å². The summed E-state index contributed by atoms with van der Waals surface area (Å²) in [7, 11) is 0. The van der Waals surface area contributed by atoms with Gasteiger partial charge in [0.05, 0.1) is 17.2 Å². The smallest absolute Gasteiger partial charge is 0.186 e. The quantitative estimate of drug-likeness (QED) is 0.933. The van der Waals surface area contributed by atoms with Gasteiger partial charge in [-0.2, -0.15) is 0 Å². The van der Waals surface area contributed by atoms with Gasteiger partial charge in [-0.25, -0.2) is 4.98 Å². The molecule has 3 nitrogen and oxygen atoms in total. The van der Waals surface area contributed by atoms with Crippen LogP contribution in [0.4, 0.5) is 5.13 Å². The molecule has 4 heteroatoms. The molecule has 1 aromatic carbocycles. The first kappa shape index (κ1) is 12.6. The highest BCUT2D eigenvalue weighted by Crippen LogP contribution is 2.34. The van der Waals surface area contributed by atoms with E-state index in [4.69, 9.17) is 4.98 Å². The van der Waals surface area contributed by atoms with Crippen molar-refractivity contribution in [2.24, 2.45) is 0 Å². The minimum absolute atomic E-state index is 0.0652. The second-order valence-electron chi connectivity index (χ2n) is 4.84. The maximum Gasteiger partial charge on any atom is 0.186 e. The average molecular weight is 274 g/mol. The van der Waals surface area contributed by atoms with Crippen molar-refractivity contribution in [3.8, 4) is 11.3 Å². The van der Waals surface area contributed by atoms with Gasteiger partial charge in [-0.1, -0.05) is 41.7 Å². The number of hydrogen-bond donors (Lipinski definition) is 1. The van der Waals surface area contributed by atoms with E-state index in [0.29, 0.717) is 0 Å². The summed E-state index contributed by atoms with van der Waals surface area (Å²) in [6.45, 7) is 2.24. The third-order valence-electron chi connectivity index (χ3n) is 3.50. The number of benzene rings is 1. The lowest BCUT2D eigenvalue weighted by molar-refractivity contribution is 0.286. The molecule has 100 valence electrons. The number of hydrogen-bond acceptors (Lipinski definition) is 4. The second-order valence-corrected chi connectivity index (χ2v) is 5.90. The SMILES string of the molecule is OCc1sc(N2CCCCC2)nc1-c1ccccc1. The maximum atomic E-state index is 9.54. The van der Waals surface area contributed by atoms with Crippen LogP contribution in [0.3, 0.4) is 0 Å². The molecule has 1 N–H and O–H groups in total. The van der Waals surface area contributed by atoms with Gasteiger partial charge in [0, 0.05) is 18.7 Å². The van der Waals surface area contributed by atoms with Crippen LogP contribution in [0.1, 0.15) is 24.1 Å². The Hall–Kier alpha value is -1.39. The van der Waals surface area contributed by atoms with Crippen molar-refractivity contribution in [1.29, 1.82) is 0 Å². The van der Waals surface area contributed by atoms with E-state index in [1.807, 2.05) is 30.3 Å². The molecule has 0 saturated carbocycles. The van der Waals surface area contributed by atoms with Crippen LogP contribution >= 0.6 is 11.3 Å². The lowest BCUT2D eigenvalue weighted by atomic mass is 10.1. The van der Waals surface area contributed by atoms with Crippen molar-refractivity contribution in [2.45, 2.75) is 25.9 Å². The van der Waals surface area contributed by atoms with E-state index in [0.717, 1.165) is 34.4 Å². The number of aliphatic hydroxyl groups excluding tert-OH is 1. The van der Waals surface area contributed by atoms with Crippen molar-refractivity contribution in [3.05, 3.63) is 35.2 Å². The minimum atomic E-state index is 0.0652. The molecule has 0 atom stereocenters. The Morgan fingerprint density at radius 3 is 2.53 bits per heavy atom. The predicted octanol–water partition coefficient (Wildman–Crippen LogP) is 3.29. The highest BCUT2D eigenvalue weighted by atomic mass is 32.1. The number of piperidine rings is 1. The number of anilines is 1. The summed E-state index contributed by atoms with van der Waals surface area (Å²) in [6.07, 6.45) is 3.81. The molecule has 0 spiro atoms. The third kappa shape index (κ3) is 2.65. The minimum Gasteiger partial charge on any atom is -0.391 e. The summed E-state index contributed by atoms with van der Waals surface area (Å²) in [5.41, 5.74) is 2.03. The lowest BCUT2D eigenvalue weighted by Gasteiger charge is -2.25. The van der Waals surface area contributed by atoms with Crippen molar-refractivity contribution in [3.63, 3.8) is 0 Å². The molecule has 2 heterocycles. The lowest BCUT2D eigenvalue weighted by Crippen LogP contribution is -2.29. The van der Waals surface area contributed by atoms with E-state index in [2.05, 4.69) is 4.90 Å². The van der Waals surface area contributed by atoms with E-state index in [1.165, 1.54) is 19.3 Å². The van der Waals surface area contributed by atoms with Gasteiger partial charge in [0.15, 0.2) is 5.13 Å². The standard InChI is InChI=1S/C15H18N2OS/c18-11-13-14(12-7-3-1-4-8-12)16-15(19-13)17-9-5-2-6-10-17/h1,3-4,7-8,18H,2,5-6,9-11H2. The van der Waals surface area contributed by atoms with Gasteiger partial charge in [-0.05, 0) is 19.3 Å². The maximum absolute atomic E-state index is 9.54. The Morgan fingerprint density at radius 2 is 1.84 bits per heavy atom. The molecule has 2 aromatic rings. The first-order valence-electron chi connectivity index (χ1n) is 6.79. The predicted molar refractivity (Wildman–Crippen MR) is 79.5 cm³/mol. The first-order valence-corrected chi connectivity index (χ1v) is 7.61. The summed E-state index contributed by atoms with van der Waals surface area (Å²) in [5.74, 6) is 0. The summed E-state index contributed by atoms with van der Waals surface area (Å²) in [6, 6.07) is 10.1. The summed E-state index contributed by atoms with van der Waals surface area (Å²) >= 11 is 1.63. The molecular formula is C15H18N2OS. The topological polar surface area (TPSA) is 36.4 Å². The Bertz CT molecular complexity index is 532. The van der Waals surface area contributed by atoms with Crippen LogP contribution in [-0.2, 0) is 6.61 Å². The van der Waals surface area contributed by atoms with Crippen LogP contribution in [-0.4, -0.2) is 23.2 Å². The first-order chi connectivity index (χ1) is 9.38. The molecule has 1 aliphatic rings. The fraction of sp³-hybridized carbons (Fsp3) is 0.400. The molecule has 0 amide bonds. The van der Waals surface area contributed by atoms with Gasteiger partial charge < -0.3 is 10.0 Å². The van der Waals surface area contributed by atoms with E-state index in [9.17, 15) is 5.11 Å². The van der Waals surface area contributed by atoms with E-state index in [1.54, 1.807) is 11.3 Å². The Balaban J connectivity index is 1.94. The fourth-order valence-corrected chi connectivity index (χ4v) is 3.48. The van der Waals surface area contributed by atoms with E-state index < -0.39 is 0 Å². The van der Waals surface area contributed by atoms with Crippen molar-refractivity contribution in [2.75, 3.05) is 18.0 Å². The zero-order valence-electron chi connectivity index (χ0n) is 10.9. The molecule has 0 aliphatic carbocycles. The highest BCUT2D eigenvalue weighted by Gasteiger charge is 2.18. The number of thiazole rings is 1. The van der Waals surface area contributed by atoms with Crippen LogP contribution in [0.25, 0.3) is 11.3 Å². The van der Waals surface area contributed by atoms with Gasteiger partial charge in [0.2, 0.25) is 0 Å². The van der Waals surface area contributed by atoms with Crippen molar-refractivity contribution < 1.29 is 5.11 Å². The van der Waals surface area contributed by atoms with Crippen LogP contribution in [0.2, 0.25) is 0 Å². The molecule has 1 fully saturated rings. The van der Waals surface area contributed by atoms with Gasteiger partial charge >= 0.3 is 0 Å². The molecule has 0 bridgehead atoms. The molecule has 3 rings (SSSR count). The Labute approximate surface area is 117 Å². The Morgan fingerprint density at radius 1 is 1.11 bits per heavy atom.